The van der Waals surface area contributed by atoms with Gasteiger partial charge in [0.2, 0.25) is 5.91 Å². The summed E-state index contributed by atoms with van der Waals surface area (Å²) < 4.78 is 62.0. The second-order valence-electron chi connectivity index (χ2n) is 8.10. The molecule has 2 atom stereocenters. The van der Waals surface area contributed by atoms with Crippen LogP contribution >= 0.6 is 0 Å². The van der Waals surface area contributed by atoms with Crippen LogP contribution in [0.2, 0.25) is 0 Å². The summed E-state index contributed by atoms with van der Waals surface area (Å²) in [4.78, 5) is 11.8. The number of carbonyl (C=O) groups is 1. The number of halogens is 4. The van der Waals surface area contributed by atoms with Gasteiger partial charge in [0.15, 0.2) is 0 Å². The molecule has 1 aromatic rings. The maximum absolute atomic E-state index is 14.1. The zero-order chi connectivity index (χ0) is 19.3. The topological polar surface area (TPSA) is 52.3 Å². The van der Waals surface area contributed by atoms with Crippen LogP contribution in [0.25, 0.3) is 0 Å². The predicted octanol–water partition coefficient (Wildman–Crippen LogP) is 4.26. The van der Waals surface area contributed by atoms with E-state index in [4.69, 9.17) is 10.5 Å². The van der Waals surface area contributed by atoms with E-state index in [0.717, 1.165) is 0 Å². The normalized spacial score (nSPS) is 25.8. The van der Waals surface area contributed by atoms with Crippen molar-refractivity contribution in [2.45, 2.75) is 57.5 Å². The molecule has 1 aromatic carbocycles. The van der Waals surface area contributed by atoms with Gasteiger partial charge >= 0.3 is 6.18 Å². The van der Waals surface area contributed by atoms with Crippen LogP contribution in [0.15, 0.2) is 12.1 Å². The van der Waals surface area contributed by atoms with Crippen LogP contribution in [0.4, 0.5) is 17.6 Å². The molecule has 1 heterocycles. The number of nitrogens with two attached hydrogens (primary N) is 1. The number of amides is 1. The maximum atomic E-state index is 14.1. The molecular weight excluding hydrogens is 350 g/mol. The van der Waals surface area contributed by atoms with Crippen molar-refractivity contribution >= 4 is 5.91 Å². The van der Waals surface area contributed by atoms with Crippen LogP contribution < -0.4 is 10.5 Å². The van der Waals surface area contributed by atoms with Gasteiger partial charge in [-0.1, -0.05) is 20.3 Å². The number of fused-ring (bicyclic) bond motifs is 1. The third-order valence-electron chi connectivity index (χ3n) is 5.93. The number of primary amides is 1. The van der Waals surface area contributed by atoms with Gasteiger partial charge in [-0.2, -0.15) is 13.2 Å². The van der Waals surface area contributed by atoms with Crippen LogP contribution in [0.3, 0.4) is 0 Å². The highest BCUT2D eigenvalue weighted by atomic mass is 19.4. The molecule has 0 unspecified atom stereocenters. The Labute approximate surface area is 149 Å². The van der Waals surface area contributed by atoms with Crippen LogP contribution in [0.5, 0.6) is 5.75 Å². The Kier molecular flexibility index (Phi) is 4.48. The maximum Gasteiger partial charge on any atom is 0.395 e. The predicted molar refractivity (Wildman–Crippen MR) is 88.3 cm³/mol. The zero-order valence-corrected chi connectivity index (χ0v) is 14.9. The Bertz CT molecular complexity index is 729. The van der Waals surface area contributed by atoms with E-state index in [2.05, 4.69) is 0 Å². The summed E-state index contributed by atoms with van der Waals surface area (Å²) in [6.45, 7) is 3.68. The molecule has 3 rings (SSSR count). The third-order valence-corrected chi connectivity index (χ3v) is 5.93. The second-order valence-corrected chi connectivity index (χ2v) is 8.10. The lowest BCUT2D eigenvalue weighted by atomic mass is 9.64. The van der Waals surface area contributed by atoms with Gasteiger partial charge < -0.3 is 10.5 Å². The first-order valence-corrected chi connectivity index (χ1v) is 8.80. The molecule has 0 bridgehead atoms. The molecule has 0 aromatic heterocycles. The van der Waals surface area contributed by atoms with Crippen molar-refractivity contribution in [2.24, 2.45) is 17.1 Å². The van der Waals surface area contributed by atoms with Crippen molar-refractivity contribution in [3.8, 4) is 5.75 Å². The summed E-state index contributed by atoms with van der Waals surface area (Å²) in [6, 6.07) is 2.62. The van der Waals surface area contributed by atoms with Crippen LogP contribution in [0, 0.1) is 17.2 Å². The Hall–Kier alpha value is -1.79. The van der Waals surface area contributed by atoms with E-state index in [-0.39, 0.29) is 19.3 Å². The summed E-state index contributed by atoms with van der Waals surface area (Å²) in [5.74, 6) is -2.20. The highest BCUT2D eigenvalue weighted by Gasteiger charge is 2.64. The summed E-state index contributed by atoms with van der Waals surface area (Å²) >= 11 is 0. The first-order valence-electron chi connectivity index (χ1n) is 8.80. The molecule has 26 heavy (non-hydrogen) atoms. The first kappa shape index (κ1) is 19.0. The fourth-order valence-corrected chi connectivity index (χ4v) is 4.79. The van der Waals surface area contributed by atoms with Crippen molar-refractivity contribution in [2.75, 3.05) is 6.61 Å². The van der Waals surface area contributed by atoms with Crippen LogP contribution in [0.1, 0.15) is 50.7 Å². The number of rotatable bonds is 4. The van der Waals surface area contributed by atoms with Crippen molar-refractivity contribution in [1.82, 2.24) is 0 Å². The highest BCUT2D eigenvalue weighted by Crippen LogP contribution is 2.60. The third kappa shape index (κ3) is 2.95. The lowest BCUT2D eigenvalue weighted by molar-refractivity contribution is -0.242. The summed E-state index contributed by atoms with van der Waals surface area (Å²) in [6.07, 6.45) is -4.10. The molecule has 0 saturated heterocycles. The zero-order valence-electron chi connectivity index (χ0n) is 14.9. The smallest absolute Gasteiger partial charge is 0.395 e. The molecule has 144 valence electrons. The lowest BCUT2D eigenvalue weighted by Crippen LogP contribution is -2.49. The van der Waals surface area contributed by atoms with E-state index in [0.29, 0.717) is 36.3 Å². The second kappa shape index (κ2) is 6.13. The molecule has 0 radical (unpaired) electrons. The van der Waals surface area contributed by atoms with Crippen molar-refractivity contribution in [3.63, 3.8) is 0 Å². The Morgan fingerprint density at radius 1 is 1.35 bits per heavy atom. The summed E-state index contributed by atoms with van der Waals surface area (Å²) in [7, 11) is 0. The Morgan fingerprint density at radius 2 is 2.04 bits per heavy atom. The van der Waals surface area contributed by atoms with Crippen molar-refractivity contribution in [1.29, 1.82) is 0 Å². The number of hydrogen-bond acceptors (Lipinski definition) is 2. The minimum absolute atomic E-state index is 0.128. The van der Waals surface area contributed by atoms with Crippen molar-refractivity contribution < 1.29 is 27.1 Å². The monoisotopic (exact) mass is 373 g/mol. The fourth-order valence-electron chi connectivity index (χ4n) is 4.79. The average molecular weight is 373 g/mol. The molecule has 1 amide bonds. The van der Waals surface area contributed by atoms with Gasteiger partial charge in [-0.25, -0.2) is 4.39 Å². The van der Waals surface area contributed by atoms with Gasteiger partial charge in [-0.05, 0) is 36.8 Å². The van der Waals surface area contributed by atoms with Crippen molar-refractivity contribution in [3.05, 3.63) is 29.1 Å². The molecule has 2 aliphatic rings. The number of alkyl halides is 3. The number of hydrogen-bond donors (Lipinski definition) is 1. The summed E-state index contributed by atoms with van der Waals surface area (Å²) in [5.41, 5.74) is 3.18. The van der Waals surface area contributed by atoms with Gasteiger partial charge in [0, 0.05) is 17.5 Å². The van der Waals surface area contributed by atoms with Crippen LogP contribution in [-0.2, 0) is 16.6 Å². The SMILES string of the molecule is CC(C)(C[C@]1(C(F)(F)F)CCC[C@H]1C(N)=O)c1cc(F)cc2c1OCC2. The molecule has 1 saturated carbocycles. The molecule has 1 aliphatic heterocycles. The Morgan fingerprint density at radius 3 is 2.65 bits per heavy atom. The first-order chi connectivity index (χ1) is 12.0. The minimum atomic E-state index is -4.57. The molecule has 3 nitrogen and oxygen atoms in total. The van der Waals surface area contributed by atoms with E-state index < -0.39 is 34.6 Å². The van der Waals surface area contributed by atoms with Gasteiger partial charge in [0.05, 0.1) is 17.9 Å². The Balaban J connectivity index is 2.06. The van der Waals surface area contributed by atoms with E-state index in [1.807, 2.05) is 0 Å². The number of ether oxygens (including phenoxy) is 1. The molecule has 1 aliphatic carbocycles. The van der Waals surface area contributed by atoms with Gasteiger partial charge in [-0.3, -0.25) is 4.79 Å². The number of benzene rings is 1. The summed E-state index contributed by atoms with van der Waals surface area (Å²) in [5, 5.41) is 0. The van der Waals surface area contributed by atoms with E-state index >= 15 is 0 Å². The lowest BCUT2D eigenvalue weighted by Gasteiger charge is -2.42. The largest absolute Gasteiger partial charge is 0.493 e. The quantitative estimate of drug-likeness (QED) is 0.802. The van der Waals surface area contributed by atoms with Gasteiger partial charge in [0.1, 0.15) is 11.6 Å². The van der Waals surface area contributed by atoms with Gasteiger partial charge in [-0.15, -0.1) is 0 Å². The van der Waals surface area contributed by atoms with E-state index in [1.54, 1.807) is 13.8 Å². The standard InChI is InChI=1S/C19H23F4NO2/c1-17(2,14-9-12(20)8-11-5-7-26-15(11)14)10-18(19(21,22)23)6-3-4-13(18)16(24)25/h8-9,13H,3-7,10H2,1-2H3,(H2,24,25)/t13-,18+/m0/s1. The molecule has 2 N–H and O–H groups in total. The molecule has 0 spiro atoms. The molecule has 7 heteroatoms. The van der Waals surface area contributed by atoms with E-state index in [9.17, 15) is 22.4 Å². The highest BCUT2D eigenvalue weighted by molar-refractivity contribution is 5.78. The average Bonchev–Trinajstić information content (AvgIpc) is 3.12. The van der Waals surface area contributed by atoms with Crippen LogP contribution in [-0.4, -0.2) is 18.7 Å². The molecule has 1 fully saturated rings. The number of carbonyl (C=O) groups excluding carboxylic acids is 1. The molecular formula is C19H23F4NO2. The minimum Gasteiger partial charge on any atom is -0.493 e. The van der Waals surface area contributed by atoms with Gasteiger partial charge in [0.25, 0.3) is 0 Å². The fraction of sp³-hybridized carbons (Fsp3) is 0.632. The van der Waals surface area contributed by atoms with E-state index in [1.165, 1.54) is 12.1 Å².